The molecule has 0 radical (unpaired) electrons. The first-order chi connectivity index (χ1) is 14.6. The summed E-state index contributed by atoms with van der Waals surface area (Å²) in [5.74, 6) is 1.80. The molecule has 4 rings (SSSR count). The van der Waals surface area contributed by atoms with Gasteiger partial charge in [-0.15, -0.1) is 0 Å². The summed E-state index contributed by atoms with van der Waals surface area (Å²) >= 11 is 0. The lowest BCUT2D eigenvalue weighted by molar-refractivity contribution is 0.0655. The van der Waals surface area contributed by atoms with E-state index in [1.807, 2.05) is 42.5 Å². The Balaban J connectivity index is 1.55. The van der Waals surface area contributed by atoms with E-state index < -0.39 is 0 Å². The van der Waals surface area contributed by atoms with Crippen LogP contribution in [0.5, 0.6) is 11.5 Å². The topological polar surface area (TPSA) is 85.3 Å². The molecule has 3 heterocycles. The van der Waals surface area contributed by atoms with Crippen molar-refractivity contribution in [1.29, 1.82) is 0 Å². The number of hydrogen-bond donors (Lipinski definition) is 1. The average molecular weight is 409 g/mol. The van der Waals surface area contributed by atoms with Crippen molar-refractivity contribution < 1.29 is 14.3 Å². The third-order valence-electron chi connectivity index (χ3n) is 5.72. The number of piperidine rings is 1. The molecule has 8 heteroatoms. The van der Waals surface area contributed by atoms with Gasteiger partial charge in [0.1, 0.15) is 17.2 Å². The summed E-state index contributed by atoms with van der Waals surface area (Å²) in [5.41, 5.74) is 2.82. The molecule has 1 fully saturated rings. The smallest absolute Gasteiger partial charge is 0.272 e. The molecule has 1 aromatic carbocycles. The van der Waals surface area contributed by atoms with Crippen molar-refractivity contribution in [3.8, 4) is 22.8 Å². The van der Waals surface area contributed by atoms with Crippen LogP contribution in [0.25, 0.3) is 11.3 Å². The number of nitrogens with zero attached hydrogens (tertiary/aromatic N) is 4. The van der Waals surface area contributed by atoms with Crippen LogP contribution in [-0.2, 0) is 6.54 Å². The molecule has 1 N–H and O–H groups in total. The molecule has 0 saturated carbocycles. The lowest BCUT2D eigenvalue weighted by Crippen LogP contribution is -2.41. The number of hydrogen-bond acceptors (Lipinski definition) is 5. The van der Waals surface area contributed by atoms with Crippen LogP contribution in [0.4, 0.5) is 0 Å². The summed E-state index contributed by atoms with van der Waals surface area (Å²) in [4.78, 5) is 19.3. The van der Waals surface area contributed by atoms with Crippen molar-refractivity contribution in [2.24, 2.45) is 5.92 Å². The second kappa shape index (κ2) is 8.61. The predicted octanol–water partition coefficient (Wildman–Crippen LogP) is 3.15. The minimum absolute atomic E-state index is 0.0107. The van der Waals surface area contributed by atoms with Gasteiger partial charge in [-0.3, -0.25) is 9.89 Å². The van der Waals surface area contributed by atoms with Crippen LogP contribution in [0.1, 0.15) is 28.9 Å². The van der Waals surface area contributed by atoms with Crippen molar-refractivity contribution in [2.45, 2.75) is 26.3 Å². The number of imidazole rings is 1. The molecule has 1 aliphatic heterocycles. The number of carbonyl (C=O) groups is 1. The van der Waals surface area contributed by atoms with E-state index in [0.29, 0.717) is 28.8 Å². The Morgan fingerprint density at radius 1 is 1.30 bits per heavy atom. The molecule has 0 bridgehead atoms. The Morgan fingerprint density at radius 3 is 2.90 bits per heavy atom. The molecule has 1 amide bonds. The van der Waals surface area contributed by atoms with Gasteiger partial charge in [0.2, 0.25) is 0 Å². The molecule has 30 heavy (non-hydrogen) atoms. The van der Waals surface area contributed by atoms with E-state index >= 15 is 0 Å². The molecule has 2 aromatic heterocycles. The standard InChI is InChI=1S/C22H27N5O3/c1-15-20(18-11-17(29-2)6-7-19(18)30-3)24-25-21(15)22(28)27-9-4-5-16(13-27)12-26-10-8-23-14-26/h6-8,10-11,14,16H,4-5,9,12-13H2,1-3H3,(H,24,25). The minimum atomic E-state index is -0.0107. The Labute approximate surface area is 175 Å². The zero-order valence-electron chi connectivity index (χ0n) is 17.6. The van der Waals surface area contributed by atoms with Crippen LogP contribution < -0.4 is 9.47 Å². The Bertz CT molecular complexity index is 1010. The number of carbonyl (C=O) groups excluding carboxylic acids is 1. The van der Waals surface area contributed by atoms with E-state index in [-0.39, 0.29) is 5.91 Å². The number of amides is 1. The highest BCUT2D eigenvalue weighted by Crippen LogP contribution is 2.35. The van der Waals surface area contributed by atoms with Crippen LogP contribution in [-0.4, -0.2) is 57.9 Å². The maximum absolute atomic E-state index is 13.3. The van der Waals surface area contributed by atoms with Gasteiger partial charge in [-0.2, -0.15) is 5.10 Å². The highest BCUT2D eigenvalue weighted by Gasteiger charge is 2.28. The minimum Gasteiger partial charge on any atom is -0.497 e. The quantitative estimate of drug-likeness (QED) is 0.676. The number of aromatic nitrogens is 4. The number of methoxy groups -OCH3 is 2. The zero-order valence-corrected chi connectivity index (χ0v) is 17.6. The summed E-state index contributed by atoms with van der Waals surface area (Å²) < 4.78 is 12.9. The van der Waals surface area contributed by atoms with E-state index in [2.05, 4.69) is 19.7 Å². The Morgan fingerprint density at radius 2 is 2.17 bits per heavy atom. The second-order valence-electron chi connectivity index (χ2n) is 7.66. The first-order valence-corrected chi connectivity index (χ1v) is 10.1. The molecule has 1 unspecified atom stereocenters. The molecule has 1 saturated heterocycles. The summed E-state index contributed by atoms with van der Waals surface area (Å²) in [7, 11) is 3.24. The van der Waals surface area contributed by atoms with Crippen LogP contribution >= 0.6 is 0 Å². The van der Waals surface area contributed by atoms with E-state index in [0.717, 1.165) is 43.6 Å². The third kappa shape index (κ3) is 3.90. The maximum Gasteiger partial charge on any atom is 0.272 e. The number of H-pyrrole nitrogens is 1. The lowest BCUT2D eigenvalue weighted by atomic mass is 9.97. The molecular weight excluding hydrogens is 382 g/mol. The fourth-order valence-electron chi connectivity index (χ4n) is 4.12. The average Bonchev–Trinajstić information content (AvgIpc) is 3.42. The van der Waals surface area contributed by atoms with Gasteiger partial charge in [0.05, 0.1) is 26.2 Å². The predicted molar refractivity (Wildman–Crippen MR) is 113 cm³/mol. The monoisotopic (exact) mass is 409 g/mol. The van der Waals surface area contributed by atoms with Crippen molar-refractivity contribution >= 4 is 5.91 Å². The normalized spacial score (nSPS) is 16.5. The maximum atomic E-state index is 13.3. The highest BCUT2D eigenvalue weighted by atomic mass is 16.5. The second-order valence-corrected chi connectivity index (χ2v) is 7.66. The van der Waals surface area contributed by atoms with Gasteiger partial charge in [0, 0.05) is 43.2 Å². The Hall–Kier alpha value is -3.29. The molecule has 0 spiro atoms. The molecule has 0 aliphatic carbocycles. The summed E-state index contributed by atoms with van der Waals surface area (Å²) in [6, 6.07) is 5.55. The zero-order chi connectivity index (χ0) is 21.1. The number of rotatable bonds is 6. The number of likely N-dealkylation sites (tertiary alicyclic amines) is 1. The number of nitrogens with one attached hydrogen (secondary N) is 1. The molecular formula is C22H27N5O3. The van der Waals surface area contributed by atoms with E-state index in [1.165, 1.54) is 0 Å². The van der Waals surface area contributed by atoms with Gasteiger partial charge in [-0.05, 0) is 43.9 Å². The van der Waals surface area contributed by atoms with Crippen molar-refractivity contribution in [3.63, 3.8) is 0 Å². The van der Waals surface area contributed by atoms with Crippen LogP contribution in [0.15, 0.2) is 36.9 Å². The summed E-state index contributed by atoms with van der Waals surface area (Å²) in [5, 5.41) is 7.41. The fraction of sp³-hybridized carbons (Fsp3) is 0.409. The Kier molecular flexibility index (Phi) is 5.74. The van der Waals surface area contributed by atoms with Crippen LogP contribution in [0.3, 0.4) is 0 Å². The van der Waals surface area contributed by atoms with Crippen LogP contribution in [0, 0.1) is 12.8 Å². The fourth-order valence-corrected chi connectivity index (χ4v) is 4.12. The van der Waals surface area contributed by atoms with Crippen LogP contribution in [0.2, 0.25) is 0 Å². The highest BCUT2D eigenvalue weighted by molar-refractivity contribution is 5.95. The van der Waals surface area contributed by atoms with Gasteiger partial charge >= 0.3 is 0 Å². The first kappa shape index (κ1) is 20.0. The summed E-state index contributed by atoms with van der Waals surface area (Å²) in [6.07, 6.45) is 7.68. The van der Waals surface area contributed by atoms with E-state index in [4.69, 9.17) is 9.47 Å². The largest absolute Gasteiger partial charge is 0.497 e. The van der Waals surface area contributed by atoms with Gasteiger partial charge in [-0.25, -0.2) is 4.98 Å². The SMILES string of the molecule is COc1ccc(OC)c(-c2n[nH]c(C(=O)N3CCCC(Cn4ccnc4)C3)c2C)c1. The molecule has 3 aromatic rings. The van der Waals surface area contributed by atoms with E-state index in [1.54, 1.807) is 20.4 Å². The van der Waals surface area contributed by atoms with Gasteiger partial charge in [-0.1, -0.05) is 0 Å². The van der Waals surface area contributed by atoms with Crippen molar-refractivity contribution in [1.82, 2.24) is 24.6 Å². The van der Waals surface area contributed by atoms with Gasteiger partial charge < -0.3 is 18.9 Å². The molecule has 1 aliphatic rings. The van der Waals surface area contributed by atoms with E-state index in [9.17, 15) is 4.79 Å². The molecule has 1 atom stereocenters. The van der Waals surface area contributed by atoms with Crippen molar-refractivity contribution in [3.05, 3.63) is 48.2 Å². The van der Waals surface area contributed by atoms with Crippen molar-refractivity contribution in [2.75, 3.05) is 27.3 Å². The van der Waals surface area contributed by atoms with Gasteiger partial charge in [0.25, 0.3) is 5.91 Å². The lowest BCUT2D eigenvalue weighted by Gasteiger charge is -2.32. The first-order valence-electron chi connectivity index (χ1n) is 10.1. The third-order valence-corrected chi connectivity index (χ3v) is 5.72. The summed E-state index contributed by atoms with van der Waals surface area (Å²) in [6.45, 7) is 4.28. The number of ether oxygens (including phenoxy) is 2. The molecule has 8 nitrogen and oxygen atoms in total. The number of aromatic amines is 1. The number of benzene rings is 1. The van der Waals surface area contributed by atoms with Gasteiger partial charge in [0.15, 0.2) is 0 Å². The molecule has 158 valence electrons.